The van der Waals surface area contributed by atoms with E-state index in [-0.39, 0.29) is 241 Å². The van der Waals surface area contributed by atoms with E-state index in [9.17, 15) is 136 Å². The van der Waals surface area contributed by atoms with Crippen molar-refractivity contribution in [2.75, 3.05) is 157 Å². The minimum absolute atomic E-state index is 0.0501. The Labute approximate surface area is 862 Å². The van der Waals surface area contributed by atoms with Crippen molar-refractivity contribution in [2.24, 2.45) is 0 Å². The molecule has 3 heterocycles. The number of rotatable bonds is 80. The summed E-state index contributed by atoms with van der Waals surface area (Å²) in [6.07, 6.45) is 8.87. The third-order valence-electron chi connectivity index (χ3n) is 20.2. The van der Waals surface area contributed by atoms with Crippen molar-refractivity contribution >= 4 is 115 Å². The normalized spacial score (nSPS) is 12.3. The quantitative estimate of drug-likeness (QED) is 0.0190. The molecular weight excluding hydrogens is 2170 g/mol. The summed E-state index contributed by atoms with van der Waals surface area (Å²) in [5.41, 5.74) is 1.72. The molecule has 0 atom stereocenters. The number of carbonyl (C=O) groups excluding carboxylic acids is 4. The molecule has 56 nitrogen and oxygen atoms in total. The van der Waals surface area contributed by atoms with Crippen molar-refractivity contribution in [3.8, 4) is 69.0 Å². The number of carbonyl (C=O) groups is 4. The van der Waals surface area contributed by atoms with E-state index in [1.807, 2.05) is 6.92 Å². The average Bonchev–Trinajstić information content (AvgIpc) is 1.39. The van der Waals surface area contributed by atoms with E-state index in [1.165, 1.54) is 36.4 Å². The summed E-state index contributed by atoms with van der Waals surface area (Å²) in [5, 5.41) is 36.8. The second kappa shape index (κ2) is 61.5. The van der Waals surface area contributed by atoms with Crippen molar-refractivity contribution in [3.63, 3.8) is 0 Å². The van der Waals surface area contributed by atoms with Gasteiger partial charge in [-0.25, -0.2) is 0 Å². The van der Waals surface area contributed by atoms with Crippen molar-refractivity contribution in [1.29, 1.82) is 0 Å². The van der Waals surface area contributed by atoms with Crippen LogP contribution < -0.4 is 78.1 Å². The van der Waals surface area contributed by atoms with E-state index in [2.05, 4.69) is 52.2 Å². The van der Waals surface area contributed by atoms with Crippen LogP contribution in [0.5, 0.6) is 69.0 Å². The summed E-state index contributed by atoms with van der Waals surface area (Å²) in [6.45, 7) is -0.125. The van der Waals surface area contributed by atoms with Crippen LogP contribution in [0.3, 0.4) is 0 Å². The molecule has 4 amide bonds. The molecule has 0 bridgehead atoms. The lowest BCUT2D eigenvalue weighted by atomic mass is 10.1. The minimum atomic E-state index is -4.57. The molecule has 0 fully saturated rings. The topological polar surface area (TPSA) is 809 Å². The second-order valence-corrected chi connectivity index (χ2v) is 47.3. The molecule has 3 aromatic heterocycles. The number of amides is 4. The van der Waals surface area contributed by atoms with Gasteiger partial charge in [0.05, 0.1) is 136 Å². The highest BCUT2D eigenvalue weighted by atomic mass is 32.3. The highest BCUT2D eigenvalue weighted by Crippen LogP contribution is 2.44. The van der Waals surface area contributed by atoms with Gasteiger partial charge >= 0.3 is 0 Å². The maximum Gasteiger partial charge on any atom is 0.268 e. The van der Waals surface area contributed by atoms with Crippen molar-refractivity contribution in [3.05, 3.63) is 106 Å². The van der Waals surface area contributed by atoms with Crippen LogP contribution in [-0.2, 0) is 130 Å². The summed E-state index contributed by atoms with van der Waals surface area (Å²) in [4.78, 5) is 55.1. The molecule has 838 valence electrons. The largest absolute Gasteiger partial charge is 0.490 e. The van der Waals surface area contributed by atoms with Gasteiger partial charge in [0, 0.05) is 86.7 Å². The number of benzene rings is 4. The lowest BCUT2D eigenvalue weighted by Crippen LogP contribution is -2.25. The zero-order valence-corrected chi connectivity index (χ0v) is 88.5. The first-order valence-electron chi connectivity index (χ1n) is 46.7. The number of hydrogen-bond acceptors (Lipinski definition) is 40. The Morgan fingerprint density at radius 2 is 0.423 bits per heavy atom. The van der Waals surface area contributed by atoms with Crippen LogP contribution in [0.15, 0.2) is 67.1 Å². The first-order chi connectivity index (χ1) is 70.1. The van der Waals surface area contributed by atoms with Gasteiger partial charge in [-0.05, 0) is 183 Å². The van der Waals surface area contributed by atoms with Crippen LogP contribution in [0.1, 0.15) is 181 Å². The van der Waals surface area contributed by atoms with Gasteiger partial charge in [-0.3, -0.25) is 74.2 Å². The number of nitrogens with one attached hydrogen (secondary N) is 4. The van der Waals surface area contributed by atoms with Gasteiger partial charge in [0.2, 0.25) is 23.0 Å². The monoisotopic (exact) mass is 2290 g/mol. The standard InChI is InChI=1S/C84H125N13O43S9/c1-2-23-85-81(98)62-51-69(129-30-6-3-20-66-59-95(92-89-66)27-9-24-86-82(99)63-53-71(131-33-12-42-141(102,103)104)78(138-39-18-48-147(120,121)122)72(54-63)132-34-13-43-142(105,106)107)77(137-32-8-5-22-68-61-97(94-91-68)29-10-25-87-83(100)64-55-73(133-35-14-44-143(108,109)110)79(139-40-19-49-148(123,124)125)74(56-64)134-36-15-45-144(111,112)113)70(52-62)130-31-7-4-21-67-60-96(93-90-67)28-11-26-88-84(101)65-57-75(135-37-16-46-145(114,115)116)80(140-41-50-149(126,127)128)76(58-65)136-38-17-47-146(117,118)119/h51-61H,2-50H2,1H3,(H,85,98)(H,86,99)(H,87,100)(H,88,101)(H,102,103,104)(H,105,106,107)(H,108,109,110)(H,111,112,113)(H,114,115,116)(H,117,118,119)(H,120,121,122)(H,123,124,125)(H,126,127,128). The molecule has 7 rings (SSSR count). The smallest absolute Gasteiger partial charge is 0.268 e. The number of aryl methyl sites for hydroxylation is 6. The van der Waals surface area contributed by atoms with Gasteiger partial charge in [-0.1, -0.05) is 22.6 Å². The fourth-order valence-corrected chi connectivity index (χ4v) is 17.5. The first-order valence-corrected chi connectivity index (χ1v) is 61.2. The number of aromatic nitrogens is 9. The fraction of sp³-hybridized carbons (Fsp3) is 0.595. The molecular formula is C84H125N13O43S9. The molecule has 13 N–H and O–H groups in total. The average molecular weight is 2290 g/mol. The maximum atomic E-state index is 13.9. The van der Waals surface area contributed by atoms with E-state index in [4.69, 9.17) is 56.8 Å². The molecule has 4 aromatic carbocycles. The summed E-state index contributed by atoms with van der Waals surface area (Å²) < 4.78 is 366. The zero-order chi connectivity index (χ0) is 109. The third-order valence-corrected chi connectivity index (χ3v) is 27.3. The number of ether oxygens (including phenoxy) is 12. The van der Waals surface area contributed by atoms with Crippen LogP contribution in [0, 0.1) is 0 Å². The Morgan fingerprint density at radius 3 is 0.624 bits per heavy atom. The summed E-state index contributed by atoms with van der Waals surface area (Å²) in [5.74, 6) is -10.6. The zero-order valence-electron chi connectivity index (χ0n) is 81.1. The Morgan fingerprint density at radius 1 is 0.242 bits per heavy atom. The van der Waals surface area contributed by atoms with E-state index in [0.717, 1.165) is 0 Å². The number of hydrogen-bond donors (Lipinski definition) is 13. The molecule has 0 aliphatic heterocycles. The second-order valence-electron chi connectivity index (χ2n) is 33.2. The van der Waals surface area contributed by atoms with Crippen LogP contribution in [0.2, 0.25) is 0 Å². The molecule has 65 heteroatoms. The van der Waals surface area contributed by atoms with E-state index in [0.29, 0.717) is 107 Å². The summed E-state index contributed by atoms with van der Waals surface area (Å²) in [6, 6.07) is 10.3. The van der Waals surface area contributed by atoms with Crippen molar-refractivity contribution in [1.82, 2.24) is 66.2 Å². The predicted octanol–water partition coefficient (Wildman–Crippen LogP) is 3.79. The Bertz CT molecular complexity index is 6410. The Hall–Kier alpha value is -11.0. The maximum absolute atomic E-state index is 13.9. The first kappa shape index (κ1) is 125. The molecule has 0 aliphatic carbocycles. The molecule has 0 spiro atoms. The molecule has 0 radical (unpaired) electrons. The van der Waals surface area contributed by atoms with Crippen LogP contribution >= 0.6 is 0 Å². The summed E-state index contributed by atoms with van der Waals surface area (Å²) >= 11 is 0. The van der Waals surface area contributed by atoms with Gasteiger partial charge in [0.15, 0.2) is 46.0 Å². The van der Waals surface area contributed by atoms with E-state index >= 15 is 0 Å². The van der Waals surface area contributed by atoms with Gasteiger partial charge in [0.25, 0.3) is 115 Å². The summed E-state index contributed by atoms with van der Waals surface area (Å²) in [7, 11) is -39.9. The molecule has 0 unspecified atom stereocenters. The Balaban J connectivity index is 1.01. The van der Waals surface area contributed by atoms with Crippen LogP contribution in [0.25, 0.3) is 0 Å². The molecule has 7 aromatic rings. The lowest BCUT2D eigenvalue weighted by molar-refractivity contribution is 0.0943. The predicted molar refractivity (Wildman–Crippen MR) is 529 cm³/mol. The van der Waals surface area contributed by atoms with E-state index in [1.54, 1.807) is 44.8 Å². The van der Waals surface area contributed by atoms with Gasteiger partial charge in [-0.2, -0.15) is 75.8 Å². The number of nitrogens with zero attached hydrogens (tertiary/aromatic N) is 9. The Kier molecular flexibility index (Phi) is 51.5. The van der Waals surface area contributed by atoms with Gasteiger partial charge in [0.1, 0.15) is 12.4 Å². The minimum Gasteiger partial charge on any atom is -0.490 e. The molecule has 0 aliphatic rings. The highest BCUT2D eigenvalue weighted by molar-refractivity contribution is 7.87. The molecule has 0 saturated heterocycles. The fourth-order valence-electron chi connectivity index (χ4n) is 13.3. The van der Waals surface area contributed by atoms with Crippen LogP contribution in [-0.4, -0.2) is 343 Å². The lowest BCUT2D eigenvalue weighted by Gasteiger charge is -2.19. The number of unbranched alkanes of at least 4 members (excludes halogenated alkanes) is 3. The van der Waals surface area contributed by atoms with Crippen LogP contribution in [0.4, 0.5) is 0 Å². The van der Waals surface area contributed by atoms with Crippen molar-refractivity contribution < 1.29 is 193 Å². The SMILES string of the molecule is CCCNC(=O)c1cc(OCCCCc2cn(CCCNC(=O)c3cc(OCCCS(=O)(=O)O)c(OCCCS(=O)(=O)O)c(OCCCS(=O)(=O)O)c3)nn2)c(OCCCCc2cn(CCCNC(=O)c3cc(OCCCS(=O)(=O)O)c(OCCCS(=O)(=O)O)c(OCCCS(=O)(=O)O)c3)nn2)c(OCCCCc2cn(CCCNC(=O)c3cc(OCCCS(=O)(=O)O)c(OCCS(=O)(=O)O)c(OCCCS(=O)(=O)O)c3)nn2)c1. The van der Waals surface area contributed by atoms with Gasteiger partial charge < -0.3 is 78.1 Å². The van der Waals surface area contributed by atoms with Gasteiger partial charge in [-0.15, -0.1) is 15.3 Å². The third kappa shape index (κ3) is 53.5. The molecule has 0 saturated carbocycles. The molecule has 149 heavy (non-hydrogen) atoms. The van der Waals surface area contributed by atoms with Crippen molar-refractivity contribution in [2.45, 2.75) is 161 Å². The van der Waals surface area contributed by atoms with E-state index < -0.39 is 186 Å². The highest BCUT2D eigenvalue weighted by Gasteiger charge is 2.28.